The molecule has 3 heterocycles. The Kier molecular flexibility index (Phi) is 5.61. The Bertz CT molecular complexity index is 1140. The molecule has 9 heteroatoms. The van der Waals surface area contributed by atoms with Crippen molar-refractivity contribution < 1.29 is 14.6 Å². The van der Waals surface area contributed by atoms with Crippen LogP contribution >= 0.6 is 0 Å². The predicted molar refractivity (Wildman–Crippen MR) is 108 cm³/mol. The predicted octanol–water partition coefficient (Wildman–Crippen LogP) is 2.81. The zero-order chi connectivity index (χ0) is 20.8. The molecule has 9 nitrogen and oxygen atoms in total. The maximum atomic E-state index is 12.8. The normalized spacial score (nSPS) is 11.4. The number of allylic oxidation sites excluding steroid dienone is 1. The maximum Gasteiger partial charge on any atom is 0.239 e. The third kappa shape index (κ3) is 4.58. The number of carbonyl (C=O) groups excluding carboxylic acids is 1. The second kappa shape index (κ2) is 8.82. The first-order chi connectivity index (χ1) is 14.7. The number of aromatic amines is 1. The van der Waals surface area contributed by atoms with Gasteiger partial charge in [-0.05, 0) is 35.5 Å². The van der Waals surface area contributed by atoms with E-state index in [0.717, 1.165) is 23.1 Å². The summed E-state index contributed by atoms with van der Waals surface area (Å²) in [5, 5.41) is 23.0. The van der Waals surface area contributed by atoms with Crippen molar-refractivity contribution in [2.45, 2.75) is 13.2 Å². The van der Waals surface area contributed by atoms with Crippen molar-refractivity contribution in [3.05, 3.63) is 95.8 Å². The van der Waals surface area contributed by atoms with Crippen LogP contribution in [0.1, 0.15) is 27.6 Å². The van der Waals surface area contributed by atoms with Crippen LogP contribution in [0.3, 0.4) is 0 Å². The topological polar surface area (TPSA) is 119 Å². The summed E-state index contributed by atoms with van der Waals surface area (Å²) >= 11 is 0. The highest BCUT2D eigenvalue weighted by Crippen LogP contribution is 2.17. The van der Waals surface area contributed by atoms with Gasteiger partial charge >= 0.3 is 0 Å². The van der Waals surface area contributed by atoms with Gasteiger partial charge in [0.05, 0.1) is 17.9 Å². The summed E-state index contributed by atoms with van der Waals surface area (Å²) in [7, 11) is 0. The molecular formula is C21H18N6O3. The van der Waals surface area contributed by atoms with Gasteiger partial charge in [-0.25, -0.2) is 0 Å². The Morgan fingerprint density at radius 2 is 2.00 bits per heavy atom. The van der Waals surface area contributed by atoms with E-state index < -0.39 is 5.78 Å². The largest absolute Gasteiger partial charge is 0.504 e. The molecule has 0 aliphatic heterocycles. The fourth-order valence-corrected chi connectivity index (χ4v) is 2.87. The molecule has 0 unspecified atom stereocenters. The zero-order valence-corrected chi connectivity index (χ0v) is 15.8. The molecule has 0 saturated heterocycles. The van der Waals surface area contributed by atoms with Crippen LogP contribution in [-0.2, 0) is 13.2 Å². The molecule has 0 radical (unpaired) electrons. The van der Waals surface area contributed by atoms with E-state index in [1.165, 1.54) is 0 Å². The van der Waals surface area contributed by atoms with Gasteiger partial charge in [-0.1, -0.05) is 24.3 Å². The number of ketones is 1. The van der Waals surface area contributed by atoms with Gasteiger partial charge in [-0.15, -0.1) is 10.2 Å². The van der Waals surface area contributed by atoms with Crippen molar-refractivity contribution in [3.63, 3.8) is 0 Å². The minimum absolute atomic E-state index is 0.0567. The molecule has 3 aromatic heterocycles. The number of nitrogens with one attached hydrogen (secondary N) is 1. The Labute approximate surface area is 171 Å². The van der Waals surface area contributed by atoms with Crippen LogP contribution in [0.2, 0.25) is 0 Å². The van der Waals surface area contributed by atoms with Crippen molar-refractivity contribution in [2.75, 3.05) is 0 Å². The highest BCUT2D eigenvalue weighted by Gasteiger charge is 2.16. The quantitative estimate of drug-likeness (QED) is 0.264. The molecule has 4 aromatic rings. The average Bonchev–Trinajstić information content (AvgIpc) is 3.44. The number of nitrogens with zero attached hydrogens (tertiary/aromatic N) is 5. The van der Waals surface area contributed by atoms with E-state index in [2.05, 4.69) is 25.6 Å². The molecule has 0 spiro atoms. The first-order valence-electron chi connectivity index (χ1n) is 9.14. The second-order valence-corrected chi connectivity index (χ2v) is 6.41. The number of hydrogen-bond donors (Lipinski definition) is 2. The van der Waals surface area contributed by atoms with E-state index in [-0.39, 0.29) is 11.6 Å². The van der Waals surface area contributed by atoms with Gasteiger partial charge in [0, 0.05) is 24.0 Å². The smallest absolute Gasteiger partial charge is 0.239 e. The van der Waals surface area contributed by atoms with Gasteiger partial charge in [0.15, 0.2) is 5.76 Å². The van der Waals surface area contributed by atoms with E-state index in [9.17, 15) is 9.90 Å². The van der Waals surface area contributed by atoms with Crippen LogP contribution in [0.15, 0.2) is 73.1 Å². The monoisotopic (exact) mass is 402 g/mol. The number of para-hydroxylation sites is 1. The van der Waals surface area contributed by atoms with E-state index in [1.54, 1.807) is 16.8 Å². The van der Waals surface area contributed by atoms with Crippen molar-refractivity contribution >= 4 is 11.5 Å². The number of aliphatic hydroxyl groups is 1. The number of aliphatic hydroxyl groups excluding tert-OH is 1. The van der Waals surface area contributed by atoms with E-state index in [1.807, 2.05) is 54.7 Å². The fraction of sp³-hybridized carbons (Fsp3) is 0.0952. The minimum atomic E-state index is -0.404. The van der Waals surface area contributed by atoms with Gasteiger partial charge in [0.25, 0.3) is 0 Å². The lowest BCUT2D eigenvalue weighted by molar-refractivity contribution is 0.103. The molecule has 0 bridgehead atoms. The summed E-state index contributed by atoms with van der Waals surface area (Å²) in [6.45, 7) is 0.685. The number of tetrazole rings is 1. The van der Waals surface area contributed by atoms with Gasteiger partial charge < -0.3 is 14.4 Å². The number of aromatic nitrogens is 6. The Hall–Kier alpha value is -4.27. The lowest BCUT2D eigenvalue weighted by Crippen LogP contribution is -2.09. The van der Waals surface area contributed by atoms with E-state index in [0.29, 0.717) is 18.8 Å². The highest BCUT2D eigenvalue weighted by atomic mass is 16.5. The molecular weight excluding hydrogens is 384 g/mol. The molecule has 2 N–H and O–H groups in total. The molecule has 0 aliphatic carbocycles. The lowest BCUT2D eigenvalue weighted by Gasteiger charge is -2.06. The van der Waals surface area contributed by atoms with Gasteiger partial charge in [-0.3, -0.25) is 9.78 Å². The van der Waals surface area contributed by atoms with Crippen molar-refractivity contribution in [1.82, 2.24) is 30.2 Å². The highest BCUT2D eigenvalue weighted by molar-refractivity contribution is 6.06. The lowest BCUT2D eigenvalue weighted by atomic mass is 10.2. The Morgan fingerprint density at radius 3 is 2.73 bits per heavy atom. The number of pyridine rings is 1. The van der Waals surface area contributed by atoms with Gasteiger partial charge in [0.1, 0.15) is 12.4 Å². The SMILES string of the molecule is O=C(C=C(O)c1nn[nH]n1)c1cc(COc2ccccc2)cn1Cc1ccccn1. The number of hydrogen-bond acceptors (Lipinski definition) is 7. The number of benzene rings is 1. The second-order valence-electron chi connectivity index (χ2n) is 6.41. The third-order valence-corrected chi connectivity index (χ3v) is 4.26. The molecule has 4 rings (SSSR count). The van der Waals surface area contributed by atoms with Crippen molar-refractivity contribution in [2.24, 2.45) is 0 Å². The van der Waals surface area contributed by atoms with Gasteiger partial charge in [0.2, 0.25) is 11.6 Å². The summed E-state index contributed by atoms with van der Waals surface area (Å²) in [6, 6.07) is 16.7. The van der Waals surface area contributed by atoms with E-state index >= 15 is 0 Å². The zero-order valence-electron chi connectivity index (χ0n) is 15.8. The molecule has 0 fully saturated rings. The van der Waals surface area contributed by atoms with E-state index in [4.69, 9.17) is 4.74 Å². The summed E-state index contributed by atoms with van der Waals surface area (Å²) < 4.78 is 7.57. The molecule has 0 aliphatic rings. The van der Waals surface area contributed by atoms with Crippen molar-refractivity contribution in [3.8, 4) is 5.75 Å². The number of ether oxygens (including phenoxy) is 1. The molecule has 0 atom stereocenters. The molecule has 1 aromatic carbocycles. The Morgan fingerprint density at radius 1 is 1.17 bits per heavy atom. The van der Waals surface area contributed by atoms with Crippen LogP contribution < -0.4 is 4.74 Å². The molecule has 0 saturated carbocycles. The molecule has 30 heavy (non-hydrogen) atoms. The van der Waals surface area contributed by atoms with Crippen molar-refractivity contribution in [1.29, 1.82) is 0 Å². The summed E-state index contributed by atoms with van der Waals surface area (Å²) in [4.78, 5) is 17.2. The first kappa shape index (κ1) is 19.1. The minimum Gasteiger partial charge on any atom is -0.504 e. The number of carbonyl (C=O) groups is 1. The average molecular weight is 402 g/mol. The van der Waals surface area contributed by atoms with Crippen LogP contribution in [0.4, 0.5) is 0 Å². The van der Waals surface area contributed by atoms with Crippen LogP contribution in [0.25, 0.3) is 5.76 Å². The summed E-state index contributed by atoms with van der Waals surface area (Å²) in [5.74, 6) is -0.100. The standard InChI is InChI=1S/C21H18N6O3/c28-19(11-20(29)21-23-25-26-24-21)18-10-15(14-30-17-7-2-1-3-8-17)12-27(18)13-16-6-4-5-9-22-16/h1-12,29H,13-14H2,(H,23,24,25,26). The summed E-state index contributed by atoms with van der Waals surface area (Å²) in [6.07, 6.45) is 4.60. The van der Waals surface area contributed by atoms with Crippen LogP contribution in [-0.4, -0.2) is 41.1 Å². The fourth-order valence-electron chi connectivity index (χ4n) is 2.87. The van der Waals surface area contributed by atoms with Gasteiger partial charge in [-0.2, -0.15) is 5.21 Å². The number of rotatable bonds is 8. The van der Waals surface area contributed by atoms with Crippen LogP contribution in [0.5, 0.6) is 5.75 Å². The van der Waals surface area contributed by atoms with Crippen LogP contribution in [0, 0.1) is 0 Å². The Balaban J connectivity index is 1.60. The maximum absolute atomic E-state index is 12.8. The third-order valence-electron chi connectivity index (χ3n) is 4.26. The molecule has 0 amide bonds. The number of H-pyrrole nitrogens is 1. The first-order valence-corrected chi connectivity index (χ1v) is 9.14. The summed E-state index contributed by atoms with van der Waals surface area (Å²) in [5.41, 5.74) is 1.98. The molecule has 150 valence electrons.